The van der Waals surface area contributed by atoms with Crippen LogP contribution in [0.4, 0.5) is 5.69 Å². The molecule has 0 saturated carbocycles. The van der Waals surface area contributed by atoms with E-state index in [1.165, 1.54) is 0 Å². The van der Waals surface area contributed by atoms with Crippen LogP contribution < -0.4 is 5.73 Å². The Kier molecular flexibility index (Phi) is 3.00. The Labute approximate surface area is 117 Å². The Morgan fingerprint density at radius 3 is 2.79 bits per heavy atom. The number of rotatable bonds is 2. The maximum atomic E-state index is 5.88. The lowest BCUT2D eigenvalue weighted by Crippen LogP contribution is -1.90. The predicted molar refractivity (Wildman–Crippen MR) is 75.1 cm³/mol. The van der Waals surface area contributed by atoms with E-state index in [9.17, 15) is 0 Å². The lowest BCUT2D eigenvalue weighted by Gasteiger charge is -1.98. The van der Waals surface area contributed by atoms with E-state index < -0.39 is 0 Å². The van der Waals surface area contributed by atoms with Gasteiger partial charge < -0.3 is 10.3 Å². The first-order valence-electron chi connectivity index (χ1n) is 5.53. The average molecular weight is 317 g/mol. The molecule has 0 spiro atoms. The zero-order valence-corrected chi connectivity index (χ0v) is 11.3. The summed E-state index contributed by atoms with van der Waals surface area (Å²) in [5, 5.41) is 3.94. The SMILES string of the molecule is Nc1ccccc1-c1noc(-c2cncc(Br)c2)n1. The van der Waals surface area contributed by atoms with Crippen LogP contribution in [0.3, 0.4) is 0 Å². The van der Waals surface area contributed by atoms with Gasteiger partial charge in [-0.3, -0.25) is 4.98 Å². The van der Waals surface area contributed by atoms with Gasteiger partial charge in [0.2, 0.25) is 5.82 Å². The third-order valence-electron chi connectivity index (χ3n) is 2.58. The molecule has 0 amide bonds. The molecular formula is C13H9BrN4O. The summed E-state index contributed by atoms with van der Waals surface area (Å²) in [6.45, 7) is 0. The molecule has 0 atom stereocenters. The molecule has 6 heteroatoms. The maximum absolute atomic E-state index is 5.88. The second-order valence-corrected chi connectivity index (χ2v) is 4.82. The fraction of sp³-hybridized carbons (Fsp3) is 0. The van der Waals surface area contributed by atoms with Gasteiger partial charge in [0.05, 0.1) is 5.56 Å². The molecular weight excluding hydrogens is 308 g/mol. The van der Waals surface area contributed by atoms with Crippen molar-refractivity contribution < 1.29 is 4.52 Å². The molecule has 94 valence electrons. The molecule has 5 nitrogen and oxygen atoms in total. The van der Waals surface area contributed by atoms with E-state index in [1.54, 1.807) is 18.5 Å². The largest absolute Gasteiger partial charge is 0.398 e. The minimum atomic E-state index is 0.409. The van der Waals surface area contributed by atoms with Crippen LogP contribution in [0.25, 0.3) is 22.8 Å². The molecule has 0 aliphatic heterocycles. The highest BCUT2D eigenvalue weighted by Gasteiger charge is 2.12. The molecule has 0 saturated heterocycles. The van der Waals surface area contributed by atoms with E-state index in [1.807, 2.05) is 24.3 Å². The molecule has 0 unspecified atom stereocenters. The monoisotopic (exact) mass is 316 g/mol. The summed E-state index contributed by atoms with van der Waals surface area (Å²) in [5.74, 6) is 0.875. The highest BCUT2D eigenvalue weighted by molar-refractivity contribution is 9.10. The predicted octanol–water partition coefficient (Wildman–Crippen LogP) is 3.14. The van der Waals surface area contributed by atoms with Crippen molar-refractivity contribution >= 4 is 21.6 Å². The van der Waals surface area contributed by atoms with E-state index in [0.717, 1.165) is 15.6 Å². The number of nitrogens with two attached hydrogens (primary N) is 1. The van der Waals surface area contributed by atoms with Crippen molar-refractivity contribution in [3.63, 3.8) is 0 Å². The highest BCUT2D eigenvalue weighted by atomic mass is 79.9. The average Bonchev–Trinajstić information content (AvgIpc) is 2.89. The fourth-order valence-corrected chi connectivity index (χ4v) is 2.04. The number of anilines is 1. The Hall–Kier alpha value is -2.21. The minimum Gasteiger partial charge on any atom is -0.398 e. The molecule has 0 fully saturated rings. The van der Waals surface area contributed by atoms with Crippen molar-refractivity contribution in [2.45, 2.75) is 0 Å². The maximum Gasteiger partial charge on any atom is 0.259 e. The first-order chi connectivity index (χ1) is 9.24. The van der Waals surface area contributed by atoms with Crippen molar-refractivity contribution in [1.29, 1.82) is 0 Å². The Bertz CT molecular complexity index is 726. The molecule has 2 heterocycles. The molecule has 0 radical (unpaired) electrons. The number of aromatic nitrogens is 3. The summed E-state index contributed by atoms with van der Waals surface area (Å²) in [5.41, 5.74) is 8.00. The normalized spacial score (nSPS) is 10.6. The summed E-state index contributed by atoms with van der Waals surface area (Å²) in [6, 6.07) is 9.24. The smallest absolute Gasteiger partial charge is 0.259 e. The zero-order valence-electron chi connectivity index (χ0n) is 9.75. The molecule has 0 aliphatic rings. The number of nitrogen functional groups attached to an aromatic ring is 1. The molecule has 2 N–H and O–H groups in total. The number of para-hydroxylation sites is 1. The fourth-order valence-electron chi connectivity index (χ4n) is 1.68. The minimum absolute atomic E-state index is 0.409. The summed E-state index contributed by atoms with van der Waals surface area (Å²) < 4.78 is 6.09. The second-order valence-electron chi connectivity index (χ2n) is 3.90. The number of hydrogen-bond acceptors (Lipinski definition) is 5. The van der Waals surface area contributed by atoms with E-state index in [-0.39, 0.29) is 0 Å². The van der Waals surface area contributed by atoms with Gasteiger partial charge >= 0.3 is 0 Å². The van der Waals surface area contributed by atoms with Crippen LogP contribution in [-0.4, -0.2) is 15.1 Å². The van der Waals surface area contributed by atoms with Crippen LogP contribution in [0.1, 0.15) is 0 Å². The van der Waals surface area contributed by atoms with Gasteiger partial charge in [-0.25, -0.2) is 0 Å². The number of hydrogen-bond donors (Lipinski definition) is 1. The molecule has 3 aromatic rings. The molecule has 3 rings (SSSR count). The molecule has 1 aromatic carbocycles. The van der Waals surface area contributed by atoms with Crippen molar-refractivity contribution in [3.05, 3.63) is 47.2 Å². The first-order valence-corrected chi connectivity index (χ1v) is 6.33. The molecule has 19 heavy (non-hydrogen) atoms. The van der Waals surface area contributed by atoms with Crippen molar-refractivity contribution in [3.8, 4) is 22.8 Å². The zero-order chi connectivity index (χ0) is 13.2. The Morgan fingerprint density at radius 1 is 1.16 bits per heavy atom. The van der Waals surface area contributed by atoms with E-state index in [0.29, 0.717) is 17.4 Å². The van der Waals surface area contributed by atoms with Gasteiger partial charge in [-0.1, -0.05) is 17.3 Å². The first kappa shape index (κ1) is 11.9. The topological polar surface area (TPSA) is 77.8 Å². The number of halogens is 1. The Morgan fingerprint density at radius 2 is 2.00 bits per heavy atom. The summed E-state index contributed by atoms with van der Waals surface area (Å²) in [6.07, 6.45) is 3.35. The van der Waals surface area contributed by atoms with E-state index >= 15 is 0 Å². The quantitative estimate of drug-likeness (QED) is 0.735. The van der Waals surface area contributed by atoms with Crippen molar-refractivity contribution in [1.82, 2.24) is 15.1 Å². The van der Waals surface area contributed by atoms with E-state index in [2.05, 4.69) is 31.1 Å². The van der Waals surface area contributed by atoms with Crippen molar-refractivity contribution in [2.24, 2.45) is 0 Å². The van der Waals surface area contributed by atoms with Gasteiger partial charge in [0.25, 0.3) is 5.89 Å². The third kappa shape index (κ3) is 2.34. The highest BCUT2D eigenvalue weighted by Crippen LogP contribution is 2.26. The van der Waals surface area contributed by atoms with Crippen molar-refractivity contribution in [2.75, 3.05) is 5.73 Å². The lowest BCUT2D eigenvalue weighted by molar-refractivity contribution is 0.432. The molecule has 2 aromatic heterocycles. The van der Waals surface area contributed by atoms with Crippen LogP contribution >= 0.6 is 15.9 Å². The van der Waals surface area contributed by atoms with Crippen LogP contribution in [-0.2, 0) is 0 Å². The van der Waals surface area contributed by atoms with Gasteiger partial charge in [0.15, 0.2) is 0 Å². The standard InChI is InChI=1S/C13H9BrN4O/c14-9-5-8(6-16-7-9)13-17-12(18-19-13)10-3-1-2-4-11(10)15/h1-7H,15H2. The second kappa shape index (κ2) is 4.81. The third-order valence-corrected chi connectivity index (χ3v) is 3.01. The number of nitrogens with zero attached hydrogens (tertiary/aromatic N) is 3. The summed E-state index contributed by atoms with van der Waals surface area (Å²) in [7, 11) is 0. The van der Waals surface area contributed by atoms with Gasteiger partial charge in [-0.2, -0.15) is 4.98 Å². The molecule has 0 aliphatic carbocycles. The van der Waals surface area contributed by atoms with Gasteiger partial charge in [0.1, 0.15) is 0 Å². The number of pyridine rings is 1. The van der Waals surface area contributed by atoms with Crippen LogP contribution in [0.2, 0.25) is 0 Å². The van der Waals surface area contributed by atoms with Crippen LogP contribution in [0.5, 0.6) is 0 Å². The summed E-state index contributed by atoms with van der Waals surface area (Å²) in [4.78, 5) is 8.39. The van der Waals surface area contributed by atoms with E-state index in [4.69, 9.17) is 10.3 Å². The summed E-state index contributed by atoms with van der Waals surface area (Å²) >= 11 is 3.35. The number of benzene rings is 1. The lowest BCUT2D eigenvalue weighted by atomic mass is 10.2. The Balaban J connectivity index is 2.03. The van der Waals surface area contributed by atoms with Gasteiger partial charge in [0, 0.05) is 28.1 Å². The molecule has 0 bridgehead atoms. The van der Waals surface area contributed by atoms with Gasteiger partial charge in [-0.15, -0.1) is 0 Å². The van der Waals surface area contributed by atoms with Crippen LogP contribution in [0, 0.1) is 0 Å². The van der Waals surface area contributed by atoms with Crippen LogP contribution in [0.15, 0.2) is 51.7 Å². The van der Waals surface area contributed by atoms with Gasteiger partial charge in [-0.05, 0) is 34.1 Å².